The summed E-state index contributed by atoms with van der Waals surface area (Å²) in [5, 5.41) is 5.65. The van der Waals surface area contributed by atoms with Crippen molar-refractivity contribution in [1.29, 1.82) is 0 Å². The van der Waals surface area contributed by atoms with Crippen molar-refractivity contribution in [2.24, 2.45) is 0 Å². The molecule has 1 aromatic carbocycles. The Morgan fingerprint density at radius 3 is 2.68 bits per heavy atom. The molecule has 19 heavy (non-hydrogen) atoms. The van der Waals surface area contributed by atoms with Gasteiger partial charge in [0.15, 0.2) is 0 Å². The quantitative estimate of drug-likeness (QED) is 0.708. The molecule has 0 bridgehead atoms. The molecule has 0 radical (unpaired) electrons. The lowest BCUT2D eigenvalue weighted by atomic mass is 10.2. The van der Waals surface area contributed by atoms with Gasteiger partial charge in [-0.15, -0.1) is 0 Å². The summed E-state index contributed by atoms with van der Waals surface area (Å²) < 4.78 is 5.42. The Hall–Kier alpha value is -1.55. The average molecular weight is 264 g/mol. The molecule has 4 nitrogen and oxygen atoms in total. The van der Waals surface area contributed by atoms with E-state index < -0.39 is 0 Å². The van der Waals surface area contributed by atoms with Crippen LogP contribution in [0.5, 0.6) is 0 Å². The highest BCUT2D eigenvalue weighted by Crippen LogP contribution is 2.12. The van der Waals surface area contributed by atoms with Crippen LogP contribution in [0.2, 0.25) is 0 Å². The van der Waals surface area contributed by atoms with E-state index in [2.05, 4.69) is 17.6 Å². The first-order valence-corrected chi connectivity index (χ1v) is 6.92. The number of hydrogen-bond acceptors (Lipinski definition) is 2. The van der Waals surface area contributed by atoms with Crippen molar-refractivity contribution < 1.29 is 9.53 Å². The van der Waals surface area contributed by atoms with Gasteiger partial charge in [-0.25, -0.2) is 4.79 Å². The van der Waals surface area contributed by atoms with Crippen LogP contribution in [-0.2, 0) is 4.74 Å². The number of nitrogens with one attached hydrogen (secondary N) is 2. The fourth-order valence-electron chi connectivity index (χ4n) is 1.60. The van der Waals surface area contributed by atoms with Crippen molar-refractivity contribution in [1.82, 2.24) is 5.32 Å². The maximum Gasteiger partial charge on any atom is 0.319 e. The highest BCUT2D eigenvalue weighted by atomic mass is 16.5. The van der Waals surface area contributed by atoms with Gasteiger partial charge >= 0.3 is 6.03 Å². The van der Waals surface area contributed by atoms with Crippen LogP contribution in [0.4, 0.5) is 10.5 Å². The number of ether oxygens (including phenoxy) is 1. The minimum absolute atomic E-state index is 0.164. The van der Waals surface area contributed by atoms with Crippen LogP contribution >= 0.6 is 0 Å². The van der Waals surface area contributed by atoms with E-state index in [9.17, 15) is 4.79 Å². The molecule has 2 amide bonds. The van der Waals surface area contributed by atoms with Crippen molar-refractivity contribution in [2.75, 3.05) is 25.1 Å². The van der Waals surface area contributed by atoms with Gasteiger partial charge in [0, 0.05) is 25.4 Å². The number of benzene rings is 1. The molecular formula is C15H24N2O2. The normalized spacial score (nSPS) is 10.2. The smallest absolute Gasteiger partial charge is 0.319 e. The number of rotatable bonds is 8. The molecule has 0 aliphatic heterocycles. The maximum absolute atomic E-state index is 11.6. The van der Waals surface area contributed by atoms with Gasteiger partial charge in [-0.1, -0.05) is 31.5 Å². The van der Waals surface area contributed by atoms with Gasteiger partial charge in [-0.2, -0.15) is 0 Å². The molecule has 0 saturated heterocycles. The lowest BCUT2D eigenvalue weighted by Crippen LogP contribution is -2.30. The van der Waals surface area contributed by atoms with Crippen LogP contribution < -0.4 is 10.6 Å². The summed E-state index contributed by atoms with van der Waals surface area (Å²) in [5.74, 6) is 0. The van der Waals surface area contributed by atoms with E-state index in [4.69, 9.17) is 4.74 Å². The van der Waals surface area contributed by atoms with Crippen LogP contribution in [0.15, 0.2) is 24.3 Å². The van der Waals surface area contributed by atoms with E-state index in [1.807, 2.05) is 31.2 Å². The second-order valence-electron chi connectivity index (χ2n) is 4.52. The molecule has 0 aliphatic carbocycles. The summed E-state index contributed by atoms with van der Waals surface area (Å²) >= 11 is 0. The number of para-hydroxylation sites is 1. The largest absolute Gasteiger partial charge is 0.381 e. The third-order valence-electron chi connectivity index (χ3n) is 2.79. The van der Waals surface area contributed by atoms with Crippen molar-refractivity contribution in [3.63, 3.8) is 0 Å². The second-order valence-corrected chi connectivity index (χ2v) is 4.52. The van der Waals surface area contributed by atoms with E-state index in [0.29, 0.717) is 13.2 Å². The molecule has 0 heterocycles. The first-order valence-electron chi connectivity index (χ1n) is 6.92. The van der Waals surface area contributed by atoms with E-state index in [0.717, 1.165) is 37.1 Å². The van der Waals surface area contributed by atoms with Crippen molar-refractivity contribution >= 4 is 11.7 Å². The molecule has 0 aliphatic rings. The highest BCUT2D eigenvalue weighted by Gasteiger charge is 2.02. The Kier molecular flexibility index (Phi) is 7.66. The summed E-state index contributed by atoms with van der Waals surface area (Å²) in [4.78, 5) is 11.6. The summed E-state index contributed by atoms with van der Waals surface area (Å²) in [5.41, 5.74) is 1.90. The number of aryl methyl sites for hydroxylation is 1. The lowest BCUT2D eigenvalue weighted by molar-refractivity contribution is 0.129. The Labute approximate surface area is 115 Å². The molecule has 0 unspecified atom stereocenters. The molecule has 0 spiro atoms. The van der Waals surface area contributed by atoms with E-state index >= 15 is 0 Å². The number of anilines is 1. The van der Waals surface area contributed by atoms with Gasteiger partial charge in [0.25, 0.3) is 0 Å². The number of unbranched alkanes of at least 4 members (excludes halogenated alkanes) is 1. The predicted molar refractivity (Wildman–Crippen MR) is 78.5 cm³/mol. The third kappa shape index (κ3) is 6.82. The van der Waals surface area contributed by atoms with Gasteiger partial charge in [-0.05, 0) is 31.4 Å². The van der Waals surface area contributed by atoms with Gasteiger partial charge in [0.05, 0.1) is 0 Å². The Bertz CT molecular complexity index is 380. The predicted octanol–water partition coefficient (Wildman–Crippen LogP) is 3.32. The Morgan fingerprint density at radius 1 is 1.21 bits per heavy atom. The molecular weight excluding hydrogens is 240 g/mol. The average Bonchev–Trinajstić information content (AvgIpc) is 2.40. The number of carbonyl (C=O) groups excluding carboxylic acids is 1. The molecule has 106 valence electrons. The van der Waals surface area contributed by atoms with Gasteiger partial charge in [0.1, 0.15) is 0 Å². The van der Waals surface area contributed by atoms with Gasteiger partial charge < -0.3 is 15.4 Å². The van der Waals surface area contributed by atoms with Crippen molar-refractivity contribution in [2.45, 2.75) is 33.1 Å². The zero-order valence-electron chi connectivity index (χ0n) is 11.9. The van der Waals surface area contributed by atoms with E-state index in [-0.39, 0.29) is 6.03 Å². The summed E-state index contributed by atoms with van der Waals surface area (Å²) in [6, 6.07) is 7.55. The number of urea groups is 1. The van der Waals surface area contributed by atoms with Gasteiger partial charge in [-0.3, -0.25) is 0 Å². The zero-order valence-corrected chi connectivity index (χ0v) is 11.9. The molecule has 4 heteroatoms. The Morgan fingerprint density at radius 2 is 1.95 bits per heavy atom. The molecule has 1 aromatic rings. The monoisotopic (exact) mass is 264 g/mol. The minimum atomic E-state index is -0.164. The van der Waals surface area contributed by atoms with Crippen LogP contribution in [0.3, 0.4) is 0 Å². The summed E-state index contributed by atoms with van der Waals surface area (Å²) in [7, 11) is 0. The highest BCUT2D eigenvalue weighted by molar-refractivity contribution is 5.89. The SMILES string of the molecule is CCCCOCCCNC(=O)Nc1ccccc1C. The van der Waals surface area contributed by atoms with Crippen molar-refractivity contribution in [3.05, 3.63) is 29.8 Å². The third-order valence-corrected chi connectivity index (χ3v) is 2.79. The zero-order chi connectivity index (χ0) is 13.9. The summed E-state index contributed by atoms with van der Waals surface area (Å²) in [6.07, 6.45) is 3.09. The molecule has 2 N–H and O–H groups in total. The topological polar surface area (TPSA) is 50.4 Å². The number of hydrogen-bond donors (Lipinski definition) is 2. The van der Waals surface area contributed by atoms with Crippen LogP contribution in [0.25, 0.3) is 0 Å². The molecule has 0 saturated carbocycles. The minimum Gasteiger partial charge on any atom is -0.381 e. The first kappa shape index (κ1) is 15.5. The number of carbonyl (C=O) groups is 1. The lowest BCUT2D eigenvalue weighted by Gasteiger charge is -2.09. The molecule has 0 atom stereocenters. The van der Waals surface area contributed by atoms with Gasteiger partial charge in [0.2, 0.25) is 0 Å². The van der Waals surface area contributed by atoms with Crippen molar-refractivity contribution in [3.8, 4) is 0 Å². The van der Waals surface area contributed by atoms with Crippen LogP contribution in [0, 0.1) is 6.92 Å². The van der Waals surface area contributed by atoms with E-state index in [1.54, 1.807) is 0 Å². The molecule has 0 fully saturated rings. The van der Waals surface area contributed by atoms with E-state index in [1.165, 1.54) is 0 Å². The maximum atomic E-state index is 11.6. The van der Waals surface area contributed by atoms with Crippen LogP contribution in [0.1, 0.15) is 31.7 Å². The fraction of sp³-hybridized carbons (Fsp3) is 0.533. The number of amides is 2. The molecule has 1 rings (SSSR count). The van der Waals surface area contributed by atoms with Crippen LogP contribution in [-0.4, -0.2) is 25.8 Å². The first-order chi connectivity index (χ1) is 9.24. The Balaban J connectivity index is 2.10. The second kappa shape index (κ2) is 9.39. The standard InChI is InChI=1S/C15H24N2O2/c1-3-4-11-19-12-7-10-16-15(18)17-14-9-6-5-8-13(14)2/h5-6,8-9H,3-4,7,10-12H2,1-2H3,(H2,16,17,18). The summed E-state index contributed by atoms with van der Waals surface area (Å²) in [6.45, 7) is 6.25. The molecule has 0 aromatic heterocycles. The fourth-order valence-corrected chi connectivity index (χ4v) is 1.60.